The Kier molecular flexibility index (Phi) is 4.61. The van der Waals surface area contributed by atoms with Crippen LogP contribution in [0.4, 0.5) is 0 Å². The second kappa shape index (κ2) is 6.21. The van der Waals surface area contributed by atoms with Gasteiger partial charge in [-0.3, -0.25) is 0 Å². The van der Waals surface area contributed by atoms with Crippen molar-refractivity contribution in [3.8, 4) is 5.75 Å². The molecule has 1 aliphatic rings. The highest BCUT2D eigenvalue weighted by Gasteiger charge is 2.18. The lowest BCUT2D eigenvalue weighted by Gasteiger charge is -2.28. The van der Waals surface area contributed by atoms with Gasteiger partial charge in [0.15, 0.2) is 0 Å². The number of morpholine rings is 1. The number of benzene rings is 1. The maximum atomic E-state index is 5.77. The fourth-order valence-corrected chi connectivity index (χ4v) is 1.98. The van der Waals surface area contributed by atoms with Crippen LogP contribution in [0.25, 0.3) is 0 Å². The minimum absolute atomic E-state index is 0.297. The molecule has 1 heterocycles. The van der Waals surface area contributed by atoms with E-state index in [2.05, 4.69) is 38.2 Å². The molecule has 0 spiro atoms. The van der Waals surface area contributed by atoms with Crippen LogP contribution in [0.3, 0.4) is 0 Å². The normalized spacial score (nSPS) is 24.2. The maximum Gasteiger partial charge on any atom is 0.119 e. The monoisotopic (exact) mass is 249 g/mol. The topological polar surface area (TPSA) is 30.5 Å². The zero-order valence-corrected chi connectivity index (χ0v) is 11.5. The molecule has 0 aliphatic carbocycles. The van der Waals surface area contributed by atoms with Crippen LogP contribution >= 0.6 is 0 Å². The highest BCUT2D eigenvalue weighted by Crippen LogP contribution is 2.18. The van der Waals surface area contributed by atoms with Crippen molar-refractivity contribution >= 4 is 0 Å². The molecule has 1 aromatic rings. The zero-order valence-electron chi connectivity index (χ0n) is 11.5. The van der Waals surface area contributed by atoms with E-state index in [1.165, 1.54) is 5.56 Å². The van der Waals surface area contributed by atoms with Crippen LogP contribution in [-0.2, 0) is 4.74 Å². The quantitative estimate of drug-likeness (QED) is 0.889. The Bertz CT molecular complexity index is 353. The van der Waals surface area contributed by atoms with E-state index in [4.69, 9.17) is 9.47 Å². The highest BCUT2D eigenvalue weighted by atomic mass is 16.5. The van der Waals surface area contributed by atoms with Crippen molar-refractivity contribution in [2.75, 3.05) is 19.8 Å². The zero-order chi connectivity index (χ0) is 13.0. The lowest BCUT2D eigenvalue weighted by atomic mass is 10.0. The summed E-state index contributed by atoms with van der Waals surface area (Å²) in [6.45, 7) is 8.76. The number of nitrogens with one attached hydrogen (secondary N) is 1. The molecule has 3 heteroatoms. The molecule has 1 saturated heterocycles. The van der Waals surface area contributed by atoms with Gasteiger partial charge in [-0.25, -0.2) is 0 Å². The van der Waals surface area contributed by atoms with Crippen LogP contribution in [0.1, 0.15) is 32.3 Å². The van der Waals surface area contributed by atoms with Gasteiger partial charge in [0, 0.05) is 6.54 Å². The van der Waals surface area contributed by atoms with Gasteiger partial charge in [-0.1, -0.05) is 26.0 Å². The molecule has 1 fully saturated rings. The summed E-state index contributed by atoms with van der Waals surface area (Å²) in [7, 11) is 0. The molecule has 2 atom stereocenters. The number of ether oxygens (including phenoxy) is 2. The Labute approximate surface area is 109 Å². The Morgan fingerprint density at radius 3 is 2.61 bits per heavy atom. The van der Waals surface area contributed by atoms with E-state index in [1.807, 2.05) is 12.1 Å². The number of hydrogen-bond acceptors (Lipinski definition) is 3. The highest BCUT2D eigenvalue weighted by molar-refractivity contribution is 5.28. The van der Waals surface area contributed by atoms with Crippen molar-refractivity contribution in [2.24, 2.45) is 0 Å². The molecule has 2 rings (SSSR count). The standard InChI is InChI=1S/C15H23NO2/c1-11(2)13-4-6-15(7-5-13)18-10-14-9-17-12(3)8-16-14/h4-7,11-12,14,16H,8-10H2,1-3H3. The van der Waals surface area contributed by atoms with Gasteiger partial charge in [0.2, 0.25) is 0 Å². The van der Waals surface area contributed by atoms with Gasteiger partial charge in [-0.15, -0.1) is 0 Å². The van der Waals surface area contributed by atoms with E-state index in [0.29, 0.717) is 24.7 Å². The van der Waals surface area contributed by atoms with Gasteiger partial charge in [-0.2, -0.15) is 0 Å². The minimum atomic E-state index is 0.297. The molecule has 0 radical (unpaired) electrons. The van der Waals surface area contributed by atoms with Crippen molar-refractivity contribution in [3.63, 3.8) is 0 Å². The average molecular weight is 249 g/mol. The summed E-state index contributed by atoms with van der Waals surface area (Å²) in [6.07, 6.45) is 0.312. The van der Waals surface area contributed by atoms with Crippen LogP contribution in [0.5, 0.6) is 5.75 Å². The van der Waals surface area contributed by atoms with Crippen LogP contribution in [0.2, 0.25) is 0 Å². The first-order chi connectivity index (χ1) is 8.65. The second-order valence-corrected chi connectivity index (χ2v) is 5.28. The van der Waals surface area contributed by atoms with Gasteiger partial charge in [0.1, 0.15) is 12.4 Å². The summed E-state index contributed by atoms with van der Waals surface area (Å²) in [6, 6.07) is 8.65. The van der Waals surface area contributed by atoms with Gasteiger partial charge in [0.25, 0.3) is 0 Å². The molecule has 0 bridgehead atoms. The fourth-order valence-electron chi connectivity index (χ4n) is 1.98. The summed E-state index contributed by atoms with van der Waals surface area (Å²) in [5.74, 6) is 1.49. The molecule has 1 aliphatic heterocycles. The van der Waals surface area contributed by atoms with Crippen LogP contribution in [0, 0.1) is 0 Å². The lowest BCUT2D eigenvalue weighted by molar-refractivity contribution is 0.00456. The molecule has 1 N–H and O–H groups in total. The molecular weight excluding hydrogens is 226 g/mol. The molecule has 0 amide bonds. The third-order valence-corrected chi connectivity index (χ3v) is 3.27. The number of hydrogen-bond donors (Lipinski definition) is 1. The van der Waals surface area contributed by atoms with E-state index in [9.17, 15) is 0 Å². The summed E-state index contributed by atoms with van der Waals surface area (Å²) in [4.78, 5) is 0. The molecule has 1 aromatic carbocycles. The fraction of sp³-hybridized carbons (Fsp3) is 0.600. The Morgan fingerprint density at radius 1 is 1.33 bits per heavy atom. The summed E-state index contributed by atoms with van der Waals surface area (Å²) >= 11 is 0. The van der Waals surface area contributed by atoms with Crippen molar-refractivity contribution in [2.45, 2.75) is 38.8 Å². The lowest BCUT2D eigenvalue weighted by Crippen LogP contribution is -2.48. The van der Waals surface area contributed by atoms with Gasteiger partial charge < -0.3 is 14.8 Å². The molecule has 0 aromatic heterocycles. The molecule has 100 valence electrons. The van der Waals surface area contributed by atoms with E-state index in [1.54, 1.807) is 0 Å². The maximum absolute atomic E-state index is 5.77. The summed E-state index contributed by atoms with van der Waals surface area (Å²) in [5, 5.41) is 3.42. The third kappa shape index (κ3) is 3.72. The van der Waals surface area contributed by atoms with Crippen LogP contribution < -0.4 is 10.1 Å². The SMILES string of the molecule is CC1CNC(COc2ccc(C(C)C)cc2)CO1. The van der Waals surface area contributed by atoms with Crippen molar-refractivity contribution in [3.05, 3.63) is 29.8 Å². The van der Waals surface area contributed by atoms with E-state index >= 15 is 0 Å². The van der Waals surface area contributed by atoms with Crippen molar-refractivity contribution in [1.29, 1.82) is 0 Å². The number of rotatable bonds is 4. The predicted molar refractivity (Wildman–Crippen MR) is 73.2 cm³/mol. The third-order valence-electron chi connectivity index (χ3n) is 3.27. The van der Waals surface area contributed by atoms with E-state index < -0.39 is 0 Å². The smallest absolute Gasteiger partial charge is 0.119 e. The van der Waals surface area contributed by atoms with Crippen LogP contribution in [-0.4, -0.2) is 31.9 Å². The van der Waals surface area contributed by atoms with Crippen molar-refractivity contribution in [1.82, 2.24) is 5.32 Å². The molecule has 3 nitrogen and oxygen atoms in total. The minimum Gasteiger partial charge on any atom is -0.492 e. The van der Waals surface area contributed by atoms with E-state index in [-0.39, 0.29) is 0 Å². The summed E-state index contributed by atoms with van der Waals surface area (Å²) < 4.78 is 11.4. The average Bonchev–Trinajstić information content (AvgIpc) is 2.38. The first-order valence-corrected chi connectivity index (χ1v) is 6.73. The van der Waals surface area contributed by atoms with Gasteiger partial charge >= 0.3 is 0 Å². The van der Waals surface area contributed by atoms with Crippen molar-refractivity contribution < 1.29 is 9.47 Å². The Hall–Kier alpha value is -1.06. The molecule has 2 unspecified atom stereocenters. The van der Waals surface area contributed by atoms with E-state index in [0.717, 1.165) is 18.9 Å². The Balaban J connectivity index is 1.79. The predicted octanol–water partition coefficient (Wildman–Crippen LogP) is 2.57. The largest absolute Gasteiger partial charge is 0.492 e. The molecular formula is C15H23NO2. The molecule has 0 saturated carbocycles. The summed E-state index contributed by atoms with van der Waals surface area (Å²) in [5.41, 5.74) is 1.34. The first kappa shape index (κ1) is 13.4. The van der Waals surface area contributed by atoms with Crippen LogP contribution in [0.15, 0.2) is 24.3 Å². The molecule has 18 heavy (non-hydrogen) atoms. The Morgan fingerprint density at radius 2 is 2.06 bits per heavy atom. The first-order valence-electron chi connectivity index (χ1n) is 6.73. The van der Waals surface area contributed by atoms with Gasteiger partial charge in [0.05, 0.1) is 18.8 Å². The second-order valence-electron chi connectivity index (χ2n) is 5.28. The van der Waals surface area contributed by atoms with Gasteiger partial charge in [-0.05, 0) is 30.5 Å².